The van der Waals surface area contributed by atoms with Gasteiger partial charge in [0.25, 0.3) is 0 Å². The molecule has 0 aliphatic carbocycles. The van der Waals surface area contributed by atoms with E-state index in [0.717, 1.165) is 0 Å². The molecule has 1 aromatic heterocycles. The molecule has 0 fully saturated rings. The summed E-state index contributed by atoms with van der Waals surface area (Å²) >= 11 is 1.27. The number of carbonyl (C=O) groups excluding carboxylic acids is 2. The molecule has 0 atom stereocenters. The van der Waals surface area contributed by atoms with Gasteiger partial charge in [0.05, 0.1) is 25.7 Å². The maximum absolute atomic E-state index is 12.3. The predicted molar refractivity (Wildman–Crippen MR) is 102 cm³/mol. The summed E-state index contributed by atoms with van der Waals surface area (Å²) in [6.45, 7) is 2.58. The van der Waals surface area contributed by atoms with Crippen molar-refractivity contribution in [2.24, 2.45) is 5.73 Å². The number of nitrogens with one attached hydrogen (secondary N) is 1. The summed E-state index contributed by atoms with van der Waals surface area (Å²) in [5.41, 5.74) is 5.71. The van der Waals surface area contributed by atoms with Gasteiger partial charge < -0.3 is 25.1 Å². The van der Waals surface area contributed by atoms with Gasteiger partial charge >= 0.3 is 0 Å². The van der Waals surface area contributed by atoms with Crippen molar-refractivity contribution in [1.82, 2.24) is 14.8 Å². The Morgan fingerprint density at radius 2 is 2.04 bits per heavy atom. The summed E-state index contributed by atoms with van der Waals surface area (Å²) in [5.74, 6) is 1.38. The van der Waals surface area contributed by atoms with E-state index in [4.69, 9.17) is 15.2 Å². The van der Waals surface area contributed by atoms with Crippen LogP contribution >= 0.6 is 11.8 Å². The van der Waals surface area contributed by atoms with E-state index < -0.39 is 0 Å². The van der Waals surface area contributed by atoms with Crippen molar-refractivity contribution in [1.29, 1.82) is 0 Å². The quantitative estimate of drug-likeness (QED) is 0.586. The molecule has 27 heavy (non-hydrogen) atoms. The number of rotatable bonds is 10. The molecule has 146 valence electrons. The summed E-state index contributed by atoms with van der Waals surface area (Å²) in [5, 5.41) is 11.6. The van der Waals surface area contributed by atoms with E-state index in [1.165, 1.54) is 18.9 Å². The Labute approximate surface area is 161 Å². The normalized spacial score (nSPS) is 10.5. The fraction of sp³-hybridized carbons (Fsp3) is 0.412. The third kappa shape index (κ3) is 5.61. The second-order valence-electron chi connectivity index (χ2n) is 5.51. The number of thioether (sulfide) groups is 1. The fourth-order valence-corrected chi connectivity index (χ4v) is 3.21. The number of nitrogens with two attached hydrogens (primary N) is 1. The van der Waals surface area contributed by atoms with Gasteiger partial charge in [-0.05, 0) is 19.1 Å². The molecule has 0 spiro atoms. The summed E-state index contributed by atoms with van der Waals surface area (Å²) in [7, 11) is 3.08. The van der Waals surface area contributed by atoms with Crippen molar-refractivity contribution in [2.45, 2.75) is 31.5 Å². The van der Waals surface area contributed by atoms with Gasteiger partial charge in [-0.2, -0.15) is 0 Å². The Morgan fingerprint density at radius 3 is 2.67 bits per heavy atom. The van der Waals surface area contributed by atoms with Crippen molar-refractivity contribution < 1.29 is 19.1 Å². The van der Waals surface area contributed by atoms with Crippen LogP contribution in [0.15, 0.2) is 23.4 Å². The first-order valence-electron chi connectivity index (χ1n) is 8.33. The van der Waals surface area contributed by atoms with Crippen LogP contribution in [0, 0.1) is 0 Å². The van der Waals surface area contributed by atoms with E-state index >= 15 is 0 Å². The number of primary amides is 1. The molecule has 3 N–H and O–H groups in total. The van der Waals surface area contributed by atoms with Crippen LogP contribution < -0.4 is 20.5 Å². The molecule has 0 unspecified atom stereocenters. The first-order valence-corrected chi connectivity index (χ1v) is 9.32. The fourth-order valence-electron chi connectivity index (χ4n) is 2.39. The number of methoxy groups -OCH3 is 2. The van der Waals surface area contributed by atoms with Crippen molar-refractivity contribution in [3.05, 3.63) is 24.0 Å². The zero-order chi connectivity index (χ0) is 19.8. The summed E-state index contributed by atoms with van der Waals surface area (Å²) in [6.07, 6.45) is 0.628. The third-order valence-electron chi connectivity index (χ3n) is 3.72. The van der Waals surface area contributed by atoms with Crippen LogP contribution in [-0.2, 0) is 22.6 Å². The van der Waals surface area contributed by atoms with Crippen molar-refractivity contribution >= 4 is 29.3 Å². The molecule has 10 heteroatoms. The van der Waals surface area contributed by atoms with E-state index in [-0.39, 0.29) is 24.0 Å². The van der Waals surface area contributed by atoms with Crippen molar-refractivity contribution in [3.63, 3.8) is 0 Å². The summed E-state index contributed by atoms with van der Waals surface area (Å²) < 4.78 is 12.3. The topological polar surface area (TPSA) is 121 Å². The van der Waals surface area contributed by atoms with Gasteiger partial charge in [-0.3, -0.25) is 9.59 Å². The average Bonchev–Trinajstić information content (AvgIpc) is 3.06. The molecule has 9 nitrogen and oxygen atoms in total. The van der Waals surface area contributed by atoms with Crippen LogP contribution in [0.2, 0.25) is 0 Å². The minimum atomic E-state index is -0.388. The third-order valence-corrected chi connectivity index (χ3v) is 4.68. The number of aromatic nitrogens is 3. The van der Waals surface area contributed by atoms with Gasteiger partial charge in [-0.15, -0.1) is 10.2 Å². The molecule has 0 bridgehead atoms. The molecule has 2 aromatic rings. The Bertz CT molecular complexity index is 809. The Kier molecular flexibility index (Phi) is 7.47. The van der Waals surface area contributed by atoms with E-state index in [1.54, 1.807) is 25.3 Å². The van der Waals surface area contributed by atoms with Gasteiger partial charge in [0.15, 0.2) is 5.16 Å². The first kappa shape index (κ1) is 20.6. The number of ether oxygens (including phenoxy) is 2. The number of aryl methyl sites for hydroxylation is 1. The van der Waals surface area contributed by atoms with Crippen LogP contribution in [0.3, 0.4) is 0 Å². The number of benzene rings is 1. The highest BCUT2D eigenvalue weighted by Crippen LogP contribution is 2.29. The number of anilines is 1. The van der Waals surface area contributed by atoms with Crippen molar-refractivity contribution in [2.75, 3.05) is 25.3 Å². The Balaban J connectivity index is 2.01. The highest BCUT2D eigenvalue weighted by atomic mass is 32.2. The Hall–Kier alpha value is -2.75. The standard InChI is InChI=1S/C17H23N5O4S/c1-4-22-15(8-7-14(18)23)20-21-17(22)27-10-16(24)19-12-9-11(25-2)5-6-13(12)26-3/h5-6,9H,4,7-8,10H2,1-3H3,(H2,18,23)(H,19,24). The second-order valence-corrected chi connectivity index (χ2v) is 6.45. The van der Waals surface area contributed by atoms with Crippen molar-refractivity contribution in [3.8, 4) is 11.5 Å². The lowest BCUT2D eigenvalue weighted by molar-refractivity contribution is -0.118. The molecule has 0 aliphatic rings. The van der Waals surface area contributed by atoms with Crippen LogP contribution in [0.5, 0.6) is 11.5 Å². The maximum atomic E-state index is 12.3. The number of nitrogens with zero attached hydrogens (tertiary/aromatic N) is 3. The highest BCUT2D eigenvalue weighted by molar-refractivity contribution is 7.99. The maximum Gasteiger partial charge on any atom is 0.234 e. The van der Waals surface area contributed by atoms with Gasteiger partial charge in [-0.25, -0.2) is 0 Å². The second kappa shape index (κ2) is 9.81. The lowest BCUT2D eigenvalue weighted by atomic mass is 10.2. The molecule has 0 aliphatic heterocycles. The molecule has 1 aromatic carbocycles. The van der Waals surface area contributed by atoms with E-state index in [2.05, 4.69) is 15.5 Å². The summed E-state index contributed by atoms with van der Waals surface area (Å²) in [6, 6.07) is 5.17. The smallest absolute Gasteiger partial charge is 0.234 e. The van der Waals surface area contributed by atoms with Crippen LogP contribution in [0.25, 0.3) is 0 Å². The number of carbonyl (C=O) groups is 2. The molecular weight excluding hydrogens is 370 g/mol. The number of hydrogen-bond donors (Lipinski definition) is 2. The molecule has 2 amide bonds. The highest BCUT2D eigenvalue weighted by Gasteiger charge is 2.15. The molecule has 0 radical (unpaired) electrons. The first-order chi connectivity index (χ1) is 13.0. The summed E-state index contributed by atoms with van der Waals surface area (Å²) in [4.78, 5) is 23.3. The molecule has 0 saturated heterocycles. The molecule has 0 saturated carbocycles. The molecular formula is C17H23N5O4S. The molecule has 1 heterocycles. The SMILES string of the molecule is CCn1c(CCC(N)=O)nnc1SCC(=O)Nc1cc(OC)ccc1OC. The largest absolute Gasteiger partial charge is 0.497 e. The van der Waals surface area contributed by atoms with Gasteiger partial charge in [0.2, 0.25) is 11.8 Å². The van der Waals surface area contributed by atoms with Gasteiger partial charge in [-0.1, -0.05) is 11.8 Å². The van der Waals surface area contributed by atoms with Crippen LogP contribution in [0.1, 0.15) is 19.2 Å². The predicted octanol–water partition coefficient (Wildman–Crippen LogP) is 1.46. The zero-order valence-corrected chi connectivity index (χ0v) is 16.3. The lowest BCUT2D eigenvalue weighted by Gasteiger charge is -2.11. The van der Waals surface area contributed by atoms with Gasteiger partial charge in [0, 0.05) is 25.5 Å². The minimum absolute atomic E-state index is 0.147. The molecule has 2 rings (SSSR count). The van der Waals surface area contributed by atoms with E-state index in [0.29, 0.717) is 41.1 Å². The monoisotopic (exact) mass is 393 g/mol. The number of amides is 2. The lowest BCUT2D eigenvalue weighted by Crippen LogP contribution is -2.16. The van der Waals surface area contributed by atoms with E-state index in [9.17, 15) is 9.59 Å². The zero-order valence-electron chi connectivity index (χ0n) is 15.5. The number of hydrogen-bond acceptors (Lipinski definition) is 7. The Morgan fingerprint density at radius 1 is 1.26 bits per heavy atom. The minimum Gasteiger partial charge on any atom is -0.497 e. The van der Waals surface area contributed by atoms with Gasteiger partial charge in [0.1, 0.15) is 17.3 Å². The average molecular weight is 393 g/mol. The van der Waals surface area contributed by atoms with Crippen LogP contribution in [0.4, 0.5) is 5.69 Å². The van der Waals surface area contributed by atoms with E-state index in [1.807, 2.05) is 11.5 Å². The van der Waals surface area contributed by atoms with Crippen LogP contribution in [-0.4, -0.2) is 46.6 Å².